The Kier molecular flexibility index (Phi) is 2.89. The first-order valence-corrected chi connectivity index (χ1v) is 3.50. The zero-order valence-corrected chi connectivity index (χ0v) is 6.55. The molecule has 0 aliphatic heterocycles. The summed E-state index contributed by atoms with van der Waals surface area (Å²) in [5.41, 5.74) is 2.77. The summed E-state index contributed by atoms with van der Waals surface area (Å²) in [5.74, 6) is 0. The predicted octanol–water partition coefficient (Wildman–Crippen LogP) is 2.65. The van der Waals surface area contributed by atoms with Gasteiger partial charge in [0.25, 0.3) is 0 Å². The molecule has 0 amide bonds. The summed E-state index contributed by atoms with van der Waals surface area (Å²) in [7, 11) is 0. The Bertz CT molecular complexity index is 279. The van der Waals surface area contributed by atoms with Crippen LogP contribution in [-0.4, -0.2) is 12.4 Å². The SMILES string of the molecule is FC(F)(F)C=NNc1ccccc1. The second kappa shape index (κ2) is 3.93. The Morgan fingerprint density at radius 3 is 2.31 bits per heavy atom. The van der Waals surface area contributed by atoms with E-state index in [2.05, 4.69) is 10.5 Å². The van der Waals surface area contributed by atoms with E-state index in [-0.39, 0.29) is 6.21 Å². The van der Waals surface area contributed by atoms with Crippen LogP contribution in [0.15, 0.2) is 35.4 Å². The van der Waals surface area contributed by atoms with E-state index < -0.39 is 6.18 Å². The van der Waals surface area contributed by atoms with Crippen LogP contribution in [-0.2, 0) is 0 Å². The van der Waals surface area contributed by atoms with E-state index >= 15 is 0 Å². The predicted molar refractivity (Wildman–Crippen MR) is 44.6 cm³/mol. The van der Waals surface area contributed by atoms with E-state index in [0.717, 1.165) is 0 Å². The lowest BCUT2D eigenvalue weighted by molar-refractivity contribution is -0.0536. The molecule has 0 atom stereocenters. The molecule has 0 fully saturated rings. The van der Waals surface area contributed by atoms with Crippen molar-refractivity contribution in [3.63, 3.8) is 0 Å². The number of alkyl halides is 3. The minimum Gasteiger partial charge on any atom is -0.279 e. The topological polar surface area (TPSA) is 24.4 Å². The van der Waals surface area contributed by atoms with E-state index in [1.54, 1.807) is 30.3 Å². The van der Waals surface area contributed by atoms with Gasteiger partial charge in [0.05, 0.1) is 5.69 Å². The second-order valence-corrected chi connectivity index (χ2v) is 2.28. The number of halogens is 3. The van der Waals surface area contributed by atoms with Gasteiger partial charge < -0.3 is 0 Å². The smallest absolute Gasteiger partial charge is 0.279 e. The van der Waals surface area contributed by atoms with Crippen molar-refractivity contribution in [2.75, 3.05) is 5.43 Å². The minimum atomic E-state index is -4.37. The lowest BCUT2D eigenvalue weighted by Gasteiger charge is -1.99. The van der Waals surface area contributed by atoms with E-state index in [1.807, 2.05) is 0 Å². The number of hydrogen-bond acceptors (Lipinski definition) is 2. The molecule has 0 heterocycles. The maximum atomic E-state index is 11.6. The van der Waals surface area contributed by atoms with Gasteiger partial charge in [0.1, 0.15) is 6.21 Å². The van der Waals surface area contributed by atoms with Crippen LogP contribution in [0.1, 0.15) is 0 Å². The van der Waals surface area contributed by atoms with Gasteiger partial charge in [-0.05, 0) is 12.1 Å². The van der Waals surface area contributed by atoms with Crippen LogP contribution in [0.5, 0.6) is 0 Å². The van der Waals surface area contributed by atoms with Crippen LogP contribution in [0.25, 0.3) is 0 Å². The van der Waals surface area contributed by atoms with Crippen LogP contribution < -0.4 is 5.43 Å². The maximum absolute atomic E-state index is 11.6. The Labute approximate surface area is 73.1 Å². The first-order chi connectivity index (χ1) is 6.08. The molecule has 0 radical (unpaired) electrons. The Hall–Kier alpha value is -1.52. The molecule has 1 rings (SSSR count). The molecule has 0 aliphatic rings. The normalized spacial score (nSPS) is 11.9. The molecule has 0 spiro atoms. The highest BCUT2D eigenvalue weighted by Crippen LogP contribution is 2.11. The van der Waals surface area contributed by atoms with Gasteiger partial charge in [-0.1, -0.05) is 18.2 Å². The first-order valence-electron chi connectivity index (χ1n) is 3.50. The molecule has 13 heavy (non-hydrogen) atoms. The fraction of sp³-hybridized carbons (Fsp3) is 0.125. The highest BCUT2D eigenvalue weighted by molar-refractivity contribution is 5.65. The fourth-order valence-corrected chi connectivity index (χ4v) is 0.693. The summed E-state index contributed by atoms with van der Waals surface area (Å²) in [6.45, 7) is 0. The van der Waals surface area contributed by atoms with Gasteiger partial charge in [0.15, 0.2) is 0 Å². The zero-order valence-electron chi connectivity index (χ0n) is 6.55. The van der Waals surface area contributed by atoms with Crippen LogP contribution in [0.2, 0.25) is 0 Å². The molecular weight excluding hydrogens is 181 g/mol. The van der Waals surface area contributed by atoms with Gasteiger partial charge in [-0.3, -0.25) is 5.43 Å². The molecule has 5 heteroatoms. The number of benzene rings is 1. The molecule has 0 aromatic heterocycles. The van der Waals surface area contributed by atoms with E-state index in [4.69, 9.17) is 0 Å². The summed E-state index contributed by atoms with van der Waals surface area (Å²) in [5, 5.41) is 3.01. The molecule has 70 valence electrons. The molecule has 1 aromatic carbocycles. The molecule has 0 bridgehead atoms. The summed E-state index contributed by atoms with van der Waals surface area (Å²) in [6, 6.07) is 8.40. The quantitative estimate of drug-likeness (QED) is 0.560. The van der Waals surface area contributed by atoms with Gasteiger partial charge in [0.2, 0.25) is 0 Å². The van der Waals surface area contributed by atoms with Crippen LogP contribution in [0.3, 0.4) is 0 Å². The largest absolute Gasteiger partial charge is 0.428 e. The Morgan fingerprint density at radius 2 is 1.77 bits per heavy atom. The lowest BCUT2D eigenvalue weighted by Crippen LogP contribution is -2.09. The molecule has 0 aliphatic carbocycles. The molecule has 1 N–H and O–H groups in total. The summed E-state index contributed by atoms with van der Waals surface area (Å²) in [4.78, 5) is 0. The van der Waals surface area contributed by atoms with E-state index in [9.17, 15) is 13.2 Å². The van der Waals surface area contributed by atoms with Crippen molar-refractivity contribution in [1.29, 1.82) is 0 Å². The fourth-order valence-electron chi connectivity index (χ4n) is 0.693. The van der Waals surface area contributed by atoms with E-state index in [1.165, 1.54) is 0 Å². The van der Waals surface area contributed by atoms with Crippen molar-refractivity contribution in [2.45, 2.75) is 6.18 Å². The number of nitrogens with one attached hydrogen (secondary N) is 1. The molecule has 0 unspecified atom stereocenters. The van der Waals surface area contributed by atoms with Crippen molar-refractivity contribution >= 4 is 11.9 Å². The zero-order chi connectivity index (χ0) is 9.73. The van der Waals surface area contributed by atoms with Gasteiger partial charge in [-0.25, -0.2) is 0 Å². The third-order valence-corrected chi connectivity index (χ3v) is 1.18. The minimum absolute atomic E-state index is 0.0972. The number of hydrogen-bond donors (Lipinski definition) is 1. The second-order valence-electron chi connectivity index (χ2n) is 2.28. The highest BCUT2D eigenvalue weighted by atomic mass is 19.4. The highest BCUT2D eigenvalue weighted by Gasteiger charge is 2.23. The molecule has 2 nitrogen and oxygen atoms in total. The standard InChI is InChI=1S/C8H7F3N2/c9-8(10,11)6-12-13-7-4-2-1-3-5-7/h1-6,13H. The van der Waals surface area contributed by atoms with Crippen molar-refractivity contribution < 1.29 is 13.2 Å². The van der Waals surface area contributed by atoms with Crippen molar-refractivity contribution in [2.24, 2.45) is 5.10 Å². The van der Waals surface area contributed by atoms with Crippen molar-refractivity contribution in [1.82, 2.24) is 0 Å². The monoisotopic (exact) mass is 188 g/mol. The molecule has 0 saturated heterocycles. The maximum Gasteiger partial charge on any atom is 0.428 e. The number of rotatable bonds is 2. The van der Waals surface area contributed by atoms with E-state index in [0.29, 0.717) is 5.69 Å². The summed E-state index contributed by atoms with van der Waals surface area (Å²) >= 11 is 0. The molecule has 0 saturated carbocycles. The average Bonchev–Trinajstić information content (AvgIpc) is 2.04. The summed E-state index contributed by atoms with van der Waals surface area (Å²) in [6.07, 6.45) is -4.47. The average molecular weight is 188 g/mol. The van der Waals surface area contributed by atoms with Gasteiger partial charge in [0, 0.05) is 0 Å². The van der Waals surface area contributed by atoms with Crippen LogP contribution in [0, 0.1) is 0 Å². The van der Waals surface area contributed by atoms with Crippen LogP contribution >= 0.6 is 0 Å². The Balaban J connectivity index is 2.49. The van der Waals surface area contributed by atoms with Crippen molar-refractivity contribution in [3.8, 4) is 0 Å². The summed E-state index contributed by atoms with van der Waals surface area (Å²) < 4.78 is 34.7. The van der Waals surface area contributed by atoms with Crippen molar-refractivity contribution in [3.05, 3.63) is 30.3 Å². The van der Waals surface area contributed by atoms with Gasteiger partial charge >= 0.3 is 6.18 Å². The first kappa shape index (κ1) is 9.57. The third kappa shape index (κ3) is 4.15. The van der Waals surface area contributed by atoms with Crippen LogP contribution in [0.4, 0.5) is 18.9 Å². The van der Waals surface area contributed by atoms with Gasteiger partial charge in [-0.2, -0.15) is 18.3 Å². The molecular formula is C8H7F3N2. The van der Waals surface area contributed by atoms with Gasteiger partial charge in [-0.15, -0.1) is 0 Å². The Morgan fingerprint density at radius 1 is 1.15 bits per heavy atom. The molecule has 1 aromatic rings. The lowest BCUT2D eigenvalue weighted by atomic mass is 10.3. The number of para-hydroxylation sites is 1. The number of hydrazone groups is 1. The number of anilines is 1. The number of nitrogens with zero attached hydrogens (tertiary/aromatic N) is 1. The third-order valence-electron chi connectivity index (χ3n) is 1.18.